The number of nitrogens with two attached hydrogens (primary N) is 1. The van der Waals surface area contributed by atoms with Gasteiger partial charge in [0.15, 0.2) is 17.3 Å². The van der Waals surface area contributed by atoms with Crippen LogP contribution in [0.1, 0.15) is 22.8 Å². The van der Waals surface area contributed by atoms with Gasteiger partial charge in [-0.3, -0.25) is 4.79 Å². The molecule has 0 aliphatic rings. The number of Topliss-reactive ketones (excluding diaryl/α,β-unsaturated/α-hetero) is 1. The number of ketones is 1. The van der Waals surface area contributed by atoms with Crippen molar-refractivity contribution in [2.24, 2.45) is 5.73 Å². The lowest BCUT2D eigenvalue weighted by atomic mass is 10.0. The van der Waals surface area contributed by atoms with Gasteiger partial charge in [-0.25, -0.2) is 0 Å². The lowest BCUT2D eigenvalue weighted by Gasteiger charge is -2.13. The molecular formula is C11H14ClNO3. The monoisotopic (exact) mass is 243 g/mol. The maximum atomic E-state index is 11.8. The minimum Gasteiger partial charge on any atom is -0.504 e. The first kappa shape index (κ1) is 12.8. The van der Waals surface area contributed by atoms with E-state index in [1.54, 1.807) is 13.0 Å². The fourth-order valence-electron chi connectivity index (χ4n) is 1.36. The summed E-state index contributed by atoms with van der Waals surface area (Å²) >= 11 is 5.97. The van der Waals surface area contributed by atoms with Gasteiger partial charge in [0, 0.05) is 0 Å². The van der Waals surface area contributed by atoms with E-state index >= 15 is 0 Å². The van der Waals surface area contributed by atoms with Crippen LogP contribution in [0.15, 0.2) is 6.07 Å². The third kappa shape index (κ3) is 2.13. The molecule has 1 rings (SSSR count). The third-order valence-corrected chi connectivity index (χ3v) is 2.75. The summed E-state index contributed by atoms with van der Waals surface area (Å²) in [6.07, 6.45) is 0. The zero-order valence-electron chi connectivity index (χ0n) is 9.37. The van der Waals surface area contributed by atoms with Crippen molar-refractivity contribution in [3.05, 3.63) is 22.2 Å². The number of carbonyl (C=O) groups is 1. The van der Waals surface area contributed by atoms with E-state index in [2.05, 4.69) is 0 Å². The van der Waals surface area contributed by atoms with Crippen molar-refractivity contribution in [1.29, 1.82) is 0 Å². The fraction of sp³-hybridized carbons (Fsp3) is 0.364. The number of hydrogen-bond donors (Lipinski definition) is 2. The standard InChI is InChI=1S/C11H14ClNO3/c1-5-4-7(16-3)11(15)8(9(5)12)10(14)6(2)13/h4,6,15H,13H2,1-3H3. The number of aromatic hydroxyl groups is 1. The molecule has 1 unspecified atom stereocenters. The van der Waals surface area contributed by atoms with Gasteiger partial charge in [0.2, 0.25) is 0 Å². The Morgan fingerprint density at radius 1 is 1.62 bits per heavy atom. The van der Waals surface area contributed by atoms with Crippen LogP contribution < -0.4 is 10.5 Å². The summed E-state index contributed by atoms with van der Waals surface area (Å²) in [5.41, 5.74) is 6.16. The van der Waals surface area contributed by atoms with Crippen LogP contribution in [0.25, 0.3) is 0 Å². The smallest absolute Gasteiger partial charge is 0.184 e. The number of halogens is 1. The molecule has 0 fully saturated rings. The number of benzene rings is 1. The lowest BCUT2D eigenvalue weighted by Crippen LogP contribution is -2.27. The minimum atomic E-state index is -0.727. The van der Waals surface area contributed by atoms with Gasteiger partial charge in [0.1, 0.15) is 0 Å². The molecule has 3 N–H and O–H groups in total. The van der Waals surface area contributed by atoms with Crippen molar-refractivity contribution in [1.82, 2.24) is 0 Å². The average molecular weight is 244 g/mol. The van der Waals surface area contributed by atoms with Crippen LogP contribution in [-0.2, 0) is 0 Å². The topological polar surface area (TPSA) is 72.5 Å². The molecule has 0 saturated heterocycles. The summed E-state index contributed by atoms with van der Waals surface area (Å²) in [4.78, 5) is 11.8. The Morgan fingerprint density at radius 3 is 2.62 bits per heavy atom. The zero-order chi connectivity index (χ0) is 12.5. The van der Waals surface area contributed by atoms with Gasteiger partial charge in [0.05, 0.1) is 23.7 Å². The Labute approximate surface area is 99.0 Å². The predicted molar refractivity (Wildman–Crippen MR) is 62.4 cm³/mol. The lowest BCUT2D eigenvalue weighted by molar-refractivity contribution is 0.0965. The molecule has 1 aromatic rings. The predicted octanol–water partition coefficient (Wildman–Crippen LogP) is 1.89. The van der Waals surface area contributed by atoms with Crippen molar-refractivity contribution < 1.29 is 14.6 Å². The minimum absolute atomic E-state index is 0.0218. The van der Waals surface area contributed by atoms with Crippen molar-refractivity contribution in [2.75, 3.05) is 7.11 Å². The molecule has 0 amide bonds. The second kappa shape index (κ2) is 4.72. The Morgan fingerprint density at radius 2 is 2.19 bits per heavy atom. The van der Waals surface area contributed by atoms with Crippen molar-refractivity contribution in [3.63, 3.8) is 0 Å². The Kier molecular flexibility index (Phi) is 3.78. The van der Waals surface area contributed by atoms with E-state index in [4.69, 9.17) is 22.1 Å². The molecular weight excluding hydrogens is 230 g/mol. The highest BCUT2D eigenvalue weighted by molar-refractivity contribution is 6.35. The van der Waals surface area contributed by atoms with Crippen LogP contribution in [0.5, 0.6) is 11.5 Å². The highest BCUT2D eigenvalue weighted by atomic mass is 35.5. The first-order valence-electron chi connectivity index (χ1n) is 4.76. The average Bonchev–Trinajstić information content (AvgIpc) is 2.23. The second-order valence-electron chi connectivity index (χ2n) is 3.59. The van der Waals surface area contributed by atoms with E-state index in [1.807, 2.05) is 0 Å². The molecule has 0 saturated carbocycles. The number of phenols is 1. The molecule has 5 heteroatoms. The van der Waals surface area contributed by atoms with Crippen LogP contribution in [0.4, 0.5) is 0 Å². The van der Waals surface area contributed by atoms with Crippen molar-refractivity contribution in [2.45, 2.75) is 19.9 Å². The number of aryl methyl sites for hydroxylation is 1. The van der Waals surface area contributed by atoms with Crippen LogP contribution in [0.2, 0.25) is 5.02 Å². The van der Waals surface area contributed by atoms with E-state index in [1.165, 1.54) is 14.0 Å². The number of rotatable bonds is 3. The molecule has 0 aliphatic carbocycles. The molecule has 0 heterocycles. The summed E-state index contributed by atoms with van der Waals surface area (Å²) < 4.78 is 4.95. The number of carbonyl (C=O) groups excluding carboxylic acids is 1. The van der Waals surface area contributed by atoms with E-state index in [0.717, 1.165) is 0 Å². The molecule has 4 nitrogen and oxygen atoms in total. The van der Waals surface area contributed by atoms with Crippen LogP contribution in [-0.4, -0.2) is 24.0 Å². The van der Waals surface area contributed by atoms with E-state index in [9.17, 15) is 9.90 Å². The van der Waals surface area contributed by atoms with Crippen LogP contribution >= 0.6 is 11.6 Å². The highest BCUT2D eigenvalue weighted by Gasteiger charge is 2.23. The van der Waals surface area contributed by atoms with Gasteiger partial charge >= 0.3 is 0 Å². The maximum Gasteiger partial charge on any atom is 0.184 e. The van der Waals surface area contributed by atoms with Crippen LogP contribution in [0.3, 0.4) is 0 Å². The molecule has 0 spiro atoms. The number of ether oxygens (including phenoxy) is 1. The molecule has 88 valence electrons. The molecule has 0 aliphatic heterocycles. The molecule has 0 bridgehead atoms. The number of methoxy groups -OCH3 is 1. The van der Waals surface area contributed by atoms with Gasteiger partial charge in [0.25, 0.3) is 0 Å². The third-order valence-electron chi connectivity index (χ3n) is 2.26. The van der Waals surface area contributed by atoms with E-state index in [-0.39, 0.29) is 22.1 Å². The van der Waals surface area contributed by atoms with Gasteiger partial charge in [-0.1, -0.05) is 11.6 Å². The van der Waals surface area contributed by atoms with E-state index in [0.29, 0.717) is 5.56 Å². The normalized spacial score (nSPS) is 12.3. The van der Waals surface area contributed by atoms with Crippen molar-refractivity contribution >= 4 is 17.4 Å². The first-order chi connectivity index (χ1) is 7.40. The van der Waals surface area contributed by atoms with E-state index < -0.39 is 11.8 Å². The summed E-state index contributed by atoms with van der Waals surface area (Å²) in [7, 11) is 1.41. The summed E-state index contributed by atoms with van der Waals surface area (Å²) in [6, 6.07) is 0.838. The van der Waals surface area contributed by atoms with Gasteiger partial charge in [-0.2, -0.15) is 0 Å². The Balaban J connectivity index is 3.47. The number of phenolic OH excluding ortho intramolecular Hbond substituents is 1. The fourth-order valence-corrected chi connectivity index (χ4v) is 1.60. The van der Waals surface area contributed by atoms with Crippen molar-refractivity contribution in [3.8, 4) is 11.5 Å². The molecule has 0 aromatic heterocycles. The molecule has 16 heavy (non-hydrogen) atoms. The highest BCUT2D eigenvalue weighted by Crippen LogP contribution is 2.37. The zero-order valence-corrected chi connectivity index (χ0v) is 10.1. The van der Waals surface area contributed by atoms with Gasteiger partial charge in [-0.15, -0.1) is 0 Å². The second-order valence-corrected chi connectivity index (χ2v) is 3.96. The summed E-state index contributed by atoms with van der Waals surface area (Å²) in [5.74, 6) is -0.462. The largest absolute Gasteiger partial charge is 0.504 e. The maximum absolute atomic E-state index is 11.8. The molecule has 1 aromatic carbocycles. The Hall–Kier alpha value is -1.26. The summed E-state index contributed by atoms with van der Waals surface area (Å²) in [5, 5.41) is 10.0. The van der Waals surface area contributed by atoms with Gasteiger partial charge < -0.3 is 15.6 Å². The van der Waals surface area contributed by atoms with Gasteiger partial charge in [-0.05, 0) is 25.5 Å². The molecule has 0 radical (unpaired) electrons. The molecule has 1 atom stereocenters. The summed E-state index contributed by atoms with van der Waals surface area (Å²) in [6.45, 7) is 3.26. The number of hydrogen-bond acceptors (Lipinski definition) is 4. The SMILES string of the molecule is COc1cc(C)c(Cl)c(C(=O)C(C)N)c1O. The Bertz CT molecular complexity index is 430. The first-order valence-corrected chi connectivity index (χ1v) is 5.13. The quantitative estimate of drug-likeness (QED) is 0.796. The van der Waals surface area contributed by atoms with Crippen LogP contribution in [0, 0.1) is 6.92 Å².